The van der Waals surface area contributed by atoms with E-state index in [2.05, 4.69) is 18.7 Å². The van der Waals surface area contributed by atoms with Crippen LogP contribution in [-0.4, -0.2) is 57.3 Å². The van der Waals surface area contributed by atoms with Crippen LogP contribution in [0.2, 0.25) is 0 Å². The molecule has 8 aliphatic carbocycles. The summed E-state index contributed by atoms with van der Waals surface area (Å²) in [6.45, 7) is 0.816. The van der Waals surface area contributed by atoms with Crippen molar-refractivity contribution < 1.29 is 71.7 Å². The second-order valence-electron chi connectivity index (χ2n) is 14.1. The van der Waals surface area contributed by atoms with Crippen LogP contribution in [-0.2, 0) is 37.8 Å². The van der Waals surface area contributed by atoms with Gasteiger partial charge < -0.3 is 30.2 Å². The third-order valence-corrected chi connectivity index (χ3v) is 11.6. The smallest absolute Gasteiger partial charge is 0.415 e. The minimum absolute atomic E-state index is 0.0223. The highest BCUT2D eigenvalue weighted by molar-refractivity contribution is 7.96. The van der Waals surface area contributed by atoms with Gasteiger partial charge in [-0.1, -0.05) is 0 Å². The molecule has 8 rings (SSSR count). The summed E-state index contributed by atoms with van der Waals surface area (Å²) in [5.74, 6) is -0.827. The van der Waals surface area contributed by atoms with Gasteiger partial charge in [-0.3, -0.25) is 10.1 Å². The molecular formula is C27H37F3O12S2-2. The van der Waals surface area contributed by atoms with Gasteiger partial charge in [-0.2, -0.15) is 17.4 Å². The van der Waals surface area contributed by atoms with Crippen molar-refractivity contribution in [1.82, 2.24) is 0 Å². The predicted octanol–water partition coefficient (Wildman–Crippen LogP) is 2.60. The van der Waals surface area contributed by atoms with Crippen LogP contribution in [0.15, 0.2) is 0 Å². The lowest BCUT2D eigenvalue weighted by Gasteiger charge is -2.59. The third-order valence-electron chi connectivity index (χ3n) is 10.5. The Hall–Kier alpha value is -0.890. The van der Waals surface area contributed by atoms with E-state index in [1.807, 2.05) is 0 Å². The molecule has 2 N–H and O–H groups in total. The predicted molar refractivity (Wildman–Crippen MR) is 140 cm³/mol. The van der Waals surface area contributed by atoms with Crippen LogP contribution >= 0.6 is 24.1 Å². The molecule has 0 aromatic heterocycles. The molecule has 0 spiro atoms. The van der Waals surface area contributed by atoms with Gasteiger partial charge in [0.15, 0.2) is 0 Å². The van der Waals surface area contributed by atoms with Crippen LogP contribution in [0.25, 0.3) is 0 Å². The first-order valence-corrected chi connectivity index (χ1v) is 16.2. The highest BCUT2D eigenvalue weighted by Crippen LogP contribution is 2.62. The molecule has 252 valence electrons. The van der Waals surface area contributed by atoms with Crippen molar-refractivity contribution in [2.75, 3.05) is 13.2 Å². The van der Waals surface area contributed by atoms with Gasteiger partial charge in [-0.15, -0.1) is 0 Å². The molecule has 44 heavy (non-hydrogen) atoms. The fourth-order valence-corrected chi connectivity index (χ4v) is 10.3. The molecule has 17 heteroatoms. The molecule has 8 bridgehead atoms. The molecule has 8 aliphatic rings. The highest BCUT2D eigenvalue weighted by atomic mass is 32.2. The first kappa shape index (κ1) is 34.4. The molecule has 0 aromatic carbocycles. The molecule has 0 amide bonds. The van der Waals surface area contributed by atoms with Gasteiger partial charge in [-0.05, 0) is 107 Å². The van der Waals surface area contributed by atoms with Crippen molar-refractivity contribution in [3.05, 3.63) is 0 Å². The maximum absolute atomic E-state index is 14.0. The van der Waals surface area contributed by atoms with E-state index in [4.69, 9.17) is 9.47 Å². The van der Waals surface area contributed by atoms with Crippen molar-refractivity contribution in [2.24, 2.45) is 40.4 Å². The highest BCUT2D eigenvalue weighted by Gasteiger charge is 2.59. The van der Waals surface area contributed by atoms with Gasteiger partial charge in [0.2, 0.25) is 0 Å². The Labute approximate surface area is 260 Å². The second kappa shape index (κ2) is 13.0. The Bertz CT molecular complexity index is 1040. The maximum atomic E-state index is 14.0. The molecule has 12 nitrogen and oxygen atoms in total. The Morgan fingerprint density at radius 1 is 0.818 bits per heavy atom. The van der Waals surface area contributed by atoms with Gasteiger partial charge in [0, 0.05) is 10.8 Å². The lowest BCUT2D eigenvalue weighted by Crippen LogP contribution is -2.58. The van der Waals surface area contributed by atoms with E-state index in [-0.39, 0.29) is 36.6 Å². The summed E-state index contributed by atoms with van der Waals surface area (Å²) in [6.07, 6.45) is 9.04. The SMILES string of the molecule is CC(F)(SOO[O-])C(=O)OCC12CC3CC(CC(O)(C3)C1)C2.O=C(OCC12CC3CC(CC(C3)C1O)C2)C(F)(F)SOO[O-]. The van der Waals surface area contributed by atoms with E-state index < -0.39 is 51.4 Å². The fourth-order valence-electron chi connectivity index (χ4n) is 9.80. The van der Waals surface area contributed by atoms with Gasteiger partial charge >= 0.3 is 17.2 Å². The molecule has 6 unspecified atom stereocenters. The van der Waals surface area contributed by atoms with Gasteiger partial charge in [-0.25, -0.2) is 14.0 Å². The van der Waals surface area contributed by atoms with Crippen molar-refractivity contribution >= 4 is 36.0 Å². The van der Waals surface area contributed by atoms with Crippen LogP contribution in [0.1, 0.15) is 77.6 Å². The summed E-state index contributed by atoms with van der Waals surface area (Å²) in [5.41, 5.74) is -1.50. The maximum Gasteiger partial charge on any atom is 0.415 e. The largest absolute Gasteiger partial charge is 0.691 e. The minimum atomic E-state index is -4.03. The van der Waals surface area contributed by atoms with Crippen LogP contribution < -0.4 is 10.5 Å². The summed E-state index contributed by atoms with van der Waals surface area (Å²) in [4.78, 5) is 23.3. The first-order chi connectivity index (χ1) is 20.6. The molecule has 0 heterocycles. The number of hydrogen-bond acceptors (Lipinski definition) is 14. The Morgan fingerprint density at radius 2 is 1.36 bits per heavy atom. The van der Waals surface area contributed by atoms with E-state index in [9.17, 15) is 43.5 Å². The van der Waals surface area contributed by atoms with E-state index in [1.54, 1.807) is 0 Å². The summed E-state index contributed by atoms with van der Waals surface area (Å²) in [5, 5.41) is 39.7. The number of aliphatic hydroxyl groups is 2. The molecule has 0 radical (unpaired) electrons. The van der Waals surface area contributed by atoms with E-state index >= 15 is 0 Å². The summed E-state index contributed by atoms with van der Waals surface area (Å²) >= 11 is -0.723. The number of ether oxygens (including phenoxy) is 2. The summed E-state index contributed by atoms with van der Waals surface area (Å²) in [6, 6.07) is 0. The number of alkyl halides is 3. The van der Waals surface area contributed by atoms with E-state index in [1.165, 1.54) is 0 Å². The summed E-state index contributed by atoms with van der Waals surface area (Å²) in [7, 11) is 0. The zero-order chi connectivity index (χ0) is 32.0. The van der Waals surface area contributed by atoms with E-state index in [0.29, 0.717) is 42.9 Å². The van der Waals surface area contributed by atoms with Crippen LogP contribution in [0.4, 0.5) is 13.2 Å². The quantitative estimate of drug-likeness (QED) is 0.134. The third kappa shape index (κ3) is 7.31. The average Bonchev–Trinajstić information content (AvgIpc) is 2.94. The van der Waals surface area contributed by atoms with Crippen molar-refractivity contribution in [3.63, 3.8) is 0 Å². The average molecular weight is 675 g/mol. The number of aliphatic hydroxyl groups excluding tert-OH is 1. The zero-order valence-corrected chi connectivity index (χ0v) is 25.7. The number of carbonyl (C=O) groups is 2. The monoisotopic (exact) mass is 674 g/mol. The van der Waals surface area contributed by atoms with E-state index in [0.717, 1.165) is 58.3 Å². The van der Waals surface area contributed by atoms with Crippen LogP contribution in [0, 0.1) is 40.4 Å². The topological polar surface area (TPSA) is 176 Å². The first-order valence-electron chi connectivity index (χ1n) is 14.7. The summed E-state index contributed by atoms with van der Waals surface area (Å²) < 4.78 is 58.0. The second-order valence-corrected chi connectivity index (χ2v) is 16.0. The van der Waals surface area contributed by atoms with Crippen molar-refractivity contribution in [3.8, 4) is 0 Å². The molecule has 0 aromatic rings. The molecule has 6 atom stereocenters. The standard InChI is InChI=1S/C14H21FO6S.C13H18F2O6S/c1-12(15,22-21-20-18)11(16)19-8-13-3-9-2-10(4-13)6-14(17,5-9)7-13;14-13(15,22-21-20-18)11(17)19-6-12-4-7-1-8(5-12)3-9(2-7)10(12)16/h9-10,17-18H,2-8H2,1H3;7-10,16,18H,1-6H2/p-2. The minimum Gasteiger partial charge on any atom is -0.691 e. The number of esters is 2. The molecule has 8 fully saturated rings. The zero-order valence-electron chi connectivity index (χ0n) is 24.1. The lowest BCUT2D eigenvalue weighted by atomic mass is 9.48. The number of rotatable bonds is 12. The number of hydrogen-bond donors (Lipinski definition) is 2. The van der Waals surface area contributed by atoms with Gasteiger partial charge in [0.05, 0.1) is 37.0 Å². The van der Waals surface area contributed by atoms with Crippen molar-refractivity contribution in [2.45, 2.75) is 99.5 Å². The normalized spacial score (nSPS) is 41.1. The molecular weight excluding hydrogens is 637 g/mol. The molecule has 0 saturated heterocycles. The van der Waals surface area contributed by atoms with Crippen LogP contribution in [0.5, 0.6) is 0 Å². The number of halogens is 3. The van der Waals surface area contributed by atoms with Gasteiger partial charge in [0.1, 0.15) is 12.0 Å². The lowest BCUT2D eigenvalue weighted by molar-refractivity contribution is -0.777. The Balaban J connectivity index is 0.000000175. The number of carbonyl (C=O) groups excluding carboxylic acids is 2. The van der Waals surface area contributed by atoms with Crippen molar-refractivity contribution in [1.29, 1.82) is 0 Å². The van der Waals surface area contributed by atoms with Crippen LogP contribution in [0.3, 0.4) is 0 Å². The Morgan fingerprint density at radius 3 is 1.93 bits per heavy atom. The Kier molecular flexibility index (Phi) is 10.1. The fraction of sp³-hybridized carbons (Fsp3) is 0.926. The van der Waals surface area contributed by atoms with Gasteiger partial charge in [0.25, 0.3) is 5.00 Å². The molecule has 0 aliphatic heterocycles. The molecule has 8 saturated carbocycles.